The number of thioether (sulfide) groups is 1. The molecule has 0 radical (unpaired) electrons. The largest absolute Gasteiger partial charge is 0.343 e. The second-order valence-corrected chi connectivity index (χ2v) is 5.92. The van der Waals surface area contributed by atoms with Crippen LogP contribution in [0.3, 0.4) is 0 Å². The van der Waals surface area contributed by atoms with Crippen molar-refractivity contribution in [3.05, 3.63) is 0 Å². The second kappa shape index (κ2) is 6.50. The third kappa shape index (κ3) is 3.67. The summed E-state index contributed by atoms with van der Waals surface area (Å²) in [5.41, 5.74) is 0. The second-order valence-electron chi connectivity index (χ2n) is 4.77. The Bertz CT molecular complexity index is 223. The zero-order valence-corrected chi connectivity index (χ0v) is 10.7. The van der Waals surface area contributed by atoms with Crippen LogP contribution in [0.1, 0.15) is 25.7 Å². The Labute approximate surface area is 102 Å². The molecule has 0 aliphatic carbocycles. The molecule has 0 bridgehead atoms. The van der Waals surface area contributed by atoms with Gasteiger partial charge in [-0.15, -0.1) is 0 Å². The summed E-state index contributed by atoms with van der Waals surface area (Å²) in [5.74, 6) is 3.80. The van der Waals surface area contributed by atoms with E-state index in [-0.39, 0.29) is 0 Å². The van der Waals surface area contributed by atoms with Gasteiger partial charge in [-0.05, 0) is 43.2 Å². The fraction of sp³-hybridized carbons (Fsp3) is 0.917. The van der Waals surface area contributed by atoms with Crippen molar-refractivity contribution >= 4 is 17.7 Å². The van der Waals surface area contributed by atoms with Crippen molar-refractivity contribution in [2.45, 2.75) is 25.7 Å². The van der Waals surface area contributed by atoms with E-state index in [0.717, 1.165) is 32.1 Å². The number of carbonyl (C=O) groups is 1. The van der Waals surface area contributed by atoms with Crippen LogP contribution >= 0.6 is 11.8 Å². The standard InChI is InChI=1S/C12H22N2OS/c15-12(14-6-1-2-7-14)3-5-13-9-11-4-8-16-10-11/h11,13H,1-10H2. The third-order valence-corrected chi connectivity index (χ3v) is 4.66. The number of nitrogens with one attached hydrogen (secondary N) is 1. The lowest BCUT2D eigenvalue weighted by Crippen LogP contribution is -2.32. The average Bonchev–Trinajstić information content (AvgIpc) is 2.96. The van der Waals surface area contributed by atoms with Crippen LogP contribution in [0.25, 0.3) is 0 Å². The predicted molar refractivity (Wildman–Crippen MR) is 68.7 cm³/mol. The molecule has 4 heteroatoms. The van der Waals surface area contributed by atoms with Crippen LogP contribution in [0.15, 0.2) is 0 Å². The lowest BCUT2D eigenvalue weighted by atomic mass is 10.1. The maximum Gasteiger partial charge on any atom is 0.223 e. The molecule has 2 saturated heterocycles. The number of carbonyl (C=O) groups excluding carboxylic acids is 1. The van der Waals surface area contributed by atoms with E-state index in [9.17, 15) is 4.79 Å². The summed E-state index contributed by atoms with van der Waals surface area (Å²) >= 11 is 2.05. The van der Waals surface area contributed by atoms with Crippen molar-refractivity contribution in [1.29, 1.82) is 0 Å². The van der Waals surface area contributed by atoms with Gasteiger partial charge in [0.2, 0.25) is 5.91 Å². The van der Waals surface area contributed by atoms with Gasteiger partial charge in [-0.25, -0.2) is 0 Å². The van der Waals surface area contributed by atoms with Gasteiger partial charge < -0.3 is 10.2 Å². The van der Waals surface area contributed by atoms with Gasteiger partial charge in [0.15, 0.2) is 0 Å². The quantitative estimate of drug-likeness (QED) is 0.739. The highest BCUT2D eigenvalue weighted by Crippen LogP contribution is 2.22. The molecule has 0 saturated carbocycles. The molecule has 0 spiro atoms. The minimum Gasteiger partial charge on any atom is -0.343 e. The Balaban J connectivity index is 1.51. The highest BCUT2D eigenvalue weighted by atomic mass is 32.2. The van der Waals surface area contributed by atoms with Crippen LogP contribution in [0, 0.1) is 5.92 Å². The van der Waals surface area contributed by atoms with E-state index in [1.54, 1.807) is 0 Å². The Hall–Kier alpha value is -0.220. The van der Waals surface area contributed by atoms with Crippen LogP contribution in [-0.4, -0.2) is 48.5 Å². The minimum absolute atomic E-state index is 0.339. The maximum atomic E-state index is 11.7. The molecule has 0 aromatic carbocycles. The molecular formula is C12H22N2OS. The van der Waals surface area contributed by atoms with Crippen LogP contribution < -0.4 is 5.32 Å². The summed E-state index contributed by atoms with van der Waals surface area (Å²) < 4.78 is 0. The molecule has 0 aromatic heterocycles. The molecular weight excluding hydrogens is 220 g/mol. The fourth-order valence-corrected chi connectivity index (χ4v) is 3.65. The van der Waals surface area contributed by atoms with Crippen molar-refractivity contribution in [3.8, 4) is 0 Å². The molecule has 16 heavy (non-hydrogen) atoms. The van der Waals surface area contributed by atoms with Gasteiger partial charge in [-0.3, -0.25) is 4.79 Å². The average molecular weight is 242 g/mol. The number of nitrogens with zero attached hydrogens (tertiary/aromatic N) is 1. The molecule has 1 unspecified atom stereocenters. The summed E-state index contributed by atoms with van der Waals surface area (Å²) in [6.07, 6.45) is 4.41. The number of rotatable bonds is 5. The Morgan fingerprint density at radius 1 is 1.38 bits per heavy atom. The predicted octanol–water partition coefficient (Wildman–Crippen LogP) is 1.34. The van der Waals surface area contributed by atoms with E-state index in [1.807, 2.05) is 4.90 Å². The van der Waals surface area contributed by atoms with Crippen LogP contribution in [0.5, 0.6) is 0 Å². The van der Waals surface area contributed by atoms with Crippen LogP contribution in [-0.2, 0) is 4.79 Å². The molecule has 1 atom stereocenters. The number of amides is 1. The molecule has 1 amide bonds. The summed E-state index contributed by atoms with van der Waals surface area (Å²) in [4.78, 5) is 13.7. The fourth-order valence-electron chi connectivity index (χ4n) is 2.37. The lowest BCUT2D eigenvalue weighted by molar-refractivity contribution is -0.130. The number of likely N-dealkylation sites (tertiary alicyclic amines) is 1. The van der Waals surface area contributed by atoms with E-state index >= 15 is 0 Å². The van der Waals surface area contributed by atoms with Crippen molar-refractivity contribution in [1.82, 2.24) is 10.2 Å². The van der Waals surface area contributed by atoms with Crippen molar-refractivity contribution in [2.24, 2.45) is 5.92 Å². The first-order valence-electron chi connectivity index (χ1n) is 6.42. The lowest BCUT2D eigenvalue weighted by Gasteiger charge is -2.15. The van der Waals surface area contributed by atoms with Gasteiger partial charge >= 0.3 is 0 Å². The molecule has 1 N–H and O–H groups in total. The van der Waals surface area contributed by atoms with Gasteiger partial charge in [0, 0.05) is 26.1 Å². The number of hydrogen-bond acceptors (Lipinski definition) is 3. The molecule has 2 fully saturated rings. The Kier molecular flexibility index (Phi) is 4.97. The highest BCUT2D eigenvalue weighted by molar-refractivity contribution is 7.99. The zero-order valence-electron chi connectivity index (χ0n) is 9.91. The summed E-state index contributed by atoms with van der Waals surface area (Å²) in [6.45, 7) is 3.92. The highest BCUT2D eigenvalue weighted by Gasteiger charge is 2.18. The first-order chi connectivity index (χ1) is 7.86. The summed E-state index contributed by atoms with van der Waals surface area (Å²) in [6, 6.07) is 0. The Morgan fingerprint density at radius 3 is 2.88 bits per heavy atom. The van der Waals surface area contributed by atoms with E-state index in [0.29, 0.717) is 12.3 Å². The summed E-state index contributed by atoms with van der Waals surface area (Å²) in [5, 5.41) is 3.42. The first-order valence-corrected chi connectivity index (χ1v) is 7.58. The summed E-state index contributed by atoms with van der Waals surface area (Å²) in [7, 11) is 0. The molecule has 92 valence electrons. The van der Waals surface area contributed by atoms with E-state index in [2.05, 4.69) is 17.1 Å². The van der Waals surface area contributed by atoms with Crippen molar-refractivity contribution < 1.29 is 4.79 Å². The van der Waals surface area contributed by atoms with Crippen molar-refractivity contribution in [2.75, 3.05) is 37.7 Å². The SMILES string of the molecule is O=C(CCNCC1CCSC1)N1CCCC1. The molecule has 2 aliphatic rings. The van der Waals surface area contributed by atoms with E-state index < -0.39 is 0 Å². The van der Waals surface area contributed by atoms with Gasteiger partial charge in [-0.1, -0.05) is 0 Å². The van der Waals surface area contributed by atoms with Gasteiger partial charge in [0.25, 0.3) is 0 Å². The van der Waals surface area contributed by atoms with Gasteiger partial charge in [-0.2, -0.15) is 11.8 Å². The normalized spacial score (nSPS) is 25.2. The minimum atomic E-state index is 0.339. The monoisotopic (exact) mass is 242 g/mol. The first kappa shape index (κ1) is 12.2. The third-order valence-electron chi connectivity index (χ3n) is 3.43. The molecule has 2 heterocycles. The van der Waals surface area contributed by atoms with E-state index in [1.165, 1.54) is 30.8 Å². The van der Waals surface area contributed by atoms with Crippen LogP contribution in [0.2, 0.25) is 0 Å². The van der Waals surface area contributed by atoms with E-state index in [4.69, 9.17) is 0 Å². The van der Waals surface area contributed by atoms with Crippen LogP contribution in [0.4, 0.5) is 0 Å². The molecule has 2 rings (SSSR count). The molecule has 3 nitrogen and oxygen atoms in total. The van der Waals surface area contributed by atoms with Crippen molar-refractivity contribution in [3.63, 3.8) is 0 Å². The smallest absolute Gasteiger partial charge is 0.223 e. The molecule has 2 aliphatic heterocycles. The topological polar surface area (TPSA) is 32.3 Å². The maximum absolute atomic E-state index is 11.7. The van der Waals surface area contributed by atoms with Gasteiger partial charge in [0.05, 0.1) is 0 Å². The Morgan fingerprint density at radius 2 is 2.19 bits per heavy atom. The number of hydrogen-bond donors (Lipinski definition) is 1. The van der Waals surface area contributed by atoms with Gasteiger partial charge in [0.1, 0.15) is 0 Å². The zero-order chi connectivity index (χ0) is 11.2. The molecule has 0 aromatic rings.